The van der Waals surface area contributed by atoms with Gasteiger partial charge < -0.3 is 15.1 Å². The highest BCUT2D eigenvalue weighted by atomic mass is 16.3. The van der Waals surface area contributed by atoms with Gasteiger partial charge in [-0.05, 0) is 44.5 Å². The third kappa shape index (κ3) is 3.48. The molecular formula is C16H25NO2. The average Bonchev–Trinajstić information content (AvgIpc) is 2.69. The van der Waals surface area contributed by atoms with Crippen LogP contribution in [0.5, 0.6) is 5.75 Å². The fourth-order valence-corrected chi connectivity index (χ4v) is 1.58. The summed E-state index contributed by atoms with van der Waals surface area (Å²) in [5.41, 5.74) is -5.27. The molecule has 1 aromatic rings. The topological polar surface area (TPSA) is 43.7 Å². The summed E-state index contributed by atoms with van der Waals surface area (Å²) < 4.78 is 131. The minimum absolute atomic E-state index is 0.0988. The van der Waals surface area contributed by atoms with Gasteiger partial charge in [-0.3, -0.25) is 0 Å². The number of hydrogen-bond donors (Lipinski definition) is 2. The Bertz CT molecular complexity index is 943. The molecule has 19 heavy (non-hydrogen) atoms. The largest absolute Gasteiger partial charge is 0.508 e. The van der Waals surface area contributed by atoms with Crippen molar-refractivity contribution in [2.75, 3.05) is 20.5 Å². The van der Waals surface area contributed by atoms with Gasteiger partial charge in [0.15, 0.2) is 0 Å². The predicted octanol–water partition coefficient (Wildman–Crippen LogP) is 2.73. The molecule has 3 nitrogen and oxygen atoms in total. The van der Waals surface area contributed by atoms with E-state index < -0.39 is 68.1 Å². The van der Waals surface area contributed by atoms with Crippen LogP contribution >= 0.6 is 0 Å². The maximum Gasteiger partial charge on any atom is 0.115 e. The van der Waals surface area contributed by atoms with E-state index in [4.69, 9.17) is 21.9 Å². The van der Waals surface area contributed by atoms with Gasteiger partial charge >= 0.3 is 0 Å². The summed E-state index contributed by atoms with van der Waals surface area (Å²) in [4.78, 5) is -0.0988. The highest BCUT2D eigenvalue weighted by Gasteiger charge is 2.38. The second kappa shape index (κ2) is 5.93. The Hall–Kier alpha value is -1.06. The predicted molar refractivity (Wildman–Crippen MR) is 77.4 cm³/mol. The van der Waals surface area contributed by atoms with Gasteiger partial charge in [-0.15, -0.1) is 0 Å². The minimum atomic E-state index is -4.43. The highest BCUT2D eigenvalue weighted by Crippen LogP contribution is 2.40. The van der Waals surface area contributed by atoms with Crippen LogP contribution in [0.3, 0.4) is 0 Å². The maximum atomic E-state index is 11.8. The first-order valence-corrected chi connectivity index (χ1v) is 5.41. The Kier molecular flexibility index (Phi) is 1.32. The molecule has 1 aromatic carbocycles. The Morgan fingerprint density at radius 3 is 2.63 bits per heavy atom. The van der Waals surface area contributed by atoms with E-state index in [9.17, 15) is 10.2 Å². The fraction of sp³-hybridized carbons (Fsp3) is 0.625. The zero-order valence-corrected chi connectivity index (χ0v) is 10.2. The molecule has 3 heteroatoms. The molecule has 2 rings (SSSR count). The molecule has 1 aliphatic rings. The standard InChI is InChI=1S/C16H25NO2/c1-17(2)12-15(13-6-8-14(18)9-7-13)16(19)10-4-3-5-11-16/h6-9,15,18-19H,3-5,10-12H2,1-2H3/i1D3,3D2,4D2,5D2,10D2,11D2,12D2,15D. The van der Waals surface area contributed by atoms with Crippen LogP contribution in [-0.4, -0.2) is 41.2 Å². The molecule has 0 spiro atoms. The van der Waals surface area contributed by atoms with Gasteiger partial charge in [-0.1, -0.05) is 31.3 Å². The number of hydrogen-bond acceptors (Lipinski definition) is 3. The third-order valence-electron chi connectivity index (χ3n) is 2.41. The minimum Gasteiger partial charge on any atom is -0.508 e. The van der Waals surface area contributed by atoms with Crippen molar-refractivity contribution in [3.63, 3.8) is 0 Å². The van der Waals surface area contributed by atoms with Gasteiger partial charge in [0.05, 0.1) is 5.60 Å². The van der Waals surface area contributed by atoms with Gasteiger partial charge in [0.1, 0.15) is 5.75 Å². The van der Waals surface area contributed by atoms with Gasteiger partial charge in [0.2, 0.25) is 0 Å². The number of aliphatic hydroxyl groups is 1. The molecule has 0 saturated heterocycles. The summed E-state index contributed by atoms with van der Waals surface area (Å²) in [6.07, 6.45) is -20.6. The molecule has 0 aliphatic heterocycles. The van der Waals surface area contributed by atoms with Crippen LogP contribution in [0.2, 0.25) is 0 Å². The Morgan fingerprint density at radius 1 is 1.42 bits per heavy atom. The molecule has 2 N–H and O–H groups in total. The SMILES string of the molecule is [2H]C([2H])([2H])N(C)C([2H])([2H])C([2H])(c1ccc(O)cc1)C1(O)C([2H])([2H])C([2H])([2H])C([2H])([2H])C([2H])([2H])C1([2H])[2H]. The zero-order valence-electron chi connectivity index (χ0n) is 26.2. The smallest absolute Gasteiger partial charge is 0.115 e. The normalized spacial score (nSPS) is 49.2. The van der Waals surface area contributed by atoms with Crippen molar-refractivity contribution >= 4 is 0 Å². The first kappa shape index (κ1) is 4.22. The van der Waals surface area contributed by atoms with Crippen molar-refractivity contribution in [3.05, 3.63) is 29.8 Å². The molecule has 0 aromatic heterocycles. The van der Waals surface area contributed by atoms with E-state index >= 15 is 0 Å². The van der Waals surface area contributed by atoms with Gasteiger partial charge in [0, 0.05) is 34.3 Å². The van der Waals surface area contributed by atoms with Crippen molar-refractivity contribution in [2.24, 2.45) is 0 Å². The molecule has 0 bridgehead atoms. The molecule has 0 heterocycles. The Balaban J connectivity index is 3.20. The number of phenols is 1. The molecule has 1 fully saturated rings. The van der Waals surface area contributed by atoms with E-state index in [0.717, 1.165) is 24.3 Å². The molecule has 0 amide bonds. The van der Waals surface area contributed by atoms with Crippen LogP contribution in [0.25, 0.3) is 0 Å². The maximum absolute atomic E-state index is 11.8. The number of phenolic OH excluding ortho intramolecular Hbond substituents is 1. The van der Waals surface area contributed by atoms with Crippen molar-refractivity contribution in [1.82, 2.24) is 4.90 Å². The molecule has 1 atom stereocenters. The molecule has 1 aliphatic carbocycles. The second-order valence-corrected chi connectivity index (χ2v) is 3.93. The van der Waals surface area contributed by atoms with Crippen LogP contribution < -0.4 is 0 Å². The lowest BCUT2D eigenvalue weighted by molar-refractivity contribution is -0.0277. The van der Waals surface area contributed by atoms with Gasteiger partial charge in [-0.25, -0.2) is 0 Å². The summed E-state index contributed by atoms with van der Waals surface area (Å²) in [6.45, 7) is -7.16. The first-order valence-electron chi connectivity index (χ1n) is 13.4. The lowest BCUT2D eigenvalue weighted by atomic mass is 9.72. The van der Waals surface area contributed by atoms with E-state index in [2.05, 4.69) is 0 Å². The van der Waals surface area contributed by atoms with Crippen LogP contribution in [0.1, 0.15) is 65.3 Å². The summed E-state index contributed by atoms with van der Waals surface area (Å²) in [6, 6.07) is 3.16. The van der Waals surface area contributed by atoms with E-state index in [1.54, 1.807) is 0 Å². The van der Waals surface area contributed by atoms with Crippen LogP contribution in [0.15, 0.2) is 24.3 Å². The average molecular weight is 279 g/mol. The molecule has 1 saturated carbocycles. The molecule has 0 radical (unpaired) electrons. The van der Waals surface area contributed by atoms with Gasteiger partial charge in [0.25, 0.3) is 0 Å². The van der Waals surface area contributed by atoms with Crippen LogP contribution in [0.4, 0.5) is 0 Å². The third-order valence-corrected chi connectivity index (χ3v) is 2.41. The molecule has 1 unspecified atom stereocenters. The number of aromatic hydroxyl groups is 1. The zero-order chi connectivity index (χ0) is 28.1. The van der Waals surface area contributed by atoms with Crippen molar-refractivity contribution in [2.45, 2.75) is 43.4 Å². The number of rotatable bonds is 4. The Morgan fingerprint density at radius 2 is 2.05 bits per heavy atom. The van der Waals surface area contributed by atoms with E-state index in [0.29, 0.717) is 7.05 Å². The van der Waals surface area contributed by atoms with Crippen molar-refractivity contribution < 1.29 is 32.1 Å². The quantitative estimate of drug-likeness (QED) is 0.890. The monoisotopic (exact) mass is 279 g/mol. The first-order chi connectivity index (χ1) is 15.2. The second-order valence-electron chi connectivity index (χ2n) is 3.93. The summed E-state index contributed by atoms with van der Waals surface area (Å²) in [5, 5.41) is 21.5. The van der Waals surface area contributed by atoms with Gasteiger partial charge in [-0.2, -0.15) is 0 Å². The van der Waals surface area contributed by atoms with Crippen LogP contribution in [0, 0.1) is 0 Å². The van der Waals surface area contributed by atoms with Crippen LogP contribution in [-0.2, 0) is 0 Å². The van der Waals surface area contributed by atoms with Crippen molar-refractivity contribution in [1.29, 1.82) is 0 Å². The molecular weight excluding hydrogens is 238 g/mol. The highest BCUT2D eigenvalue weighted by molar-refractivity contribution is 5.30. The van der Waals surface area contributed by atoms with E-state index in [1.165, 1.54) is 0 Å². The summed E-state index contributed by atoms with van der Waals surface area (Å²) in [5.74, 6) is -4.36. The van der Waals surface area contributed by atoms with E-state index in [1.807, 2.05) is 0 Å². The fourth-order valence-electron chi connectivity index (χ4n) is 1.58. The lowest BCUT2D eigenvalue weighted by Gasteiger charge is -2.40. The molecule has 106 valence electrons. The summed E-state index contributed by atoms with van der Waals surface area (Å²) >= 11 is 0. The summed E-state index contributed by atoms with van der Waals surface area (Å²) in [7, 11) is 0.622. The van der Waals surface area contributed by atoms with E-state index in [-0.39, 0.29) is 4.90 Å². The number of likely N-dealkylation sites (N-methyl/N-ethyl adjacent to an activating group) is 1. The number of benzene rings is 1. The Labute approximate surface area is 138 Å². The van der Waals surface area contributed by atoms with Crippen molar-refractivity contribution in [3.8, 4) is 5.75 Å². The lowest BCUT2D eigenvalue weighted by Crippen LogP contribution is -2.42. The number of nitrogens with zero attached hydrogens (tertiary/aromatic N) is 1.